The lowest BCUT2D eigenvalue weighted by Gasteiger charge is -2.19. The number of amides is 1. The summed E-state index contributed by atoms with van der Waals surface area (Å²) < 4.78 is 31.3. The van der Waals surface area contributed by atoms with E-state index in [9.17, 15) is 13.2 Å². The zero-order chi connectivity index (χ0) is 16.7. The van der Waals surface area contributed by atoms with Gasteiger partial charge < -0.3 is 4.74 Å². The van der Waals surface area contributed by atoms with Crippen LogP contribution >= 0.6 is 0 Å². The van der Waals surface area contributed by atoms with Crippen LogP contribution in [0.3, 0.4) is 0 Å². The molecule has 1 amide bonds. The number of hydrogen-bond acceptors (Lipinski definition) is 5. The van der Waals surface area contributed by atoms with Crippen LogP contribution in [0.1, 0.15) is 34.6 Å². The van der Waals surface area contributed by atoms with Crippen molar-refractivity contribution in [3.63, 3.8) is 0 Å². The third kappa shape index (κ3) is 6.94. The molecule has 1 aromatic rings. The van der Waals surface area contributed by atoms with Crippen LogP contribution in [0, 0.1) is 0 Å². The quantitative estimate of drug-likeness (QED) is 0.898. The largest absolute Gasteiger partial charge is 0.443 e. The van der Waals surface area contributed by atoms with Gasteiger partial charge in [-0.1, -0.05) is 13.8 Å². The lowest BCUT2D eigenvalue weighted by Crippen LogP contribution is -2.39. The van der Waals surface area contributed by atoms with Gasteiger partial charge in [-0.05, 0) is 32.9 Å². The molecule has 7 nitrogen and oxygen atoms in total. The molecule has 120 valence electrons. The first-order valence-electron chi connectivity index (χ1n) is 6.51. The Morgan fingerprint density at radius 3 is 2.10 bits per heavy atom. The first-order valence-corrected chi connectivity index (χ1v) is 7.95. The second-order valence-electron chi connectivity index (χ2n) is 4.72. The number of nitrogens with one attached hydrogen (secondary N) is 1. The predicted octanol–water partition coefficient (Wildman–Crippen LogP) is 1.66. The lowest BCUT2D eigenvalue weighted by atomic mass is 10.2. The van der Waals surface area contributed by atoms with Gasteiger partial charge in [-0.25, -0.2) is 13.5 Å². The lowest BCUT2D eigenvalue weighted by molar-refractivity contribution is 0.0569. The van der Waals surface area contributed by atoms with Crippen molar-refractivity contribution in [2.24, 2.45) is 4.99 Å². The van der Waals surface area contributed by atoms with Crippen LogP contribution in [0.15, 0.2) is 29.5 Å². The van der Waals surface area contributed by atoms with E-state index in [1.165, 1.54) is 24.5 Å². The van der Waals surface area contributed by atoms with Gasteiger partial charge >= 0.3 is 16.3 Å². The smallest absolute Gasteiger partial charge is 0.422 e. The summed E-state index contributed by atoms with van der Waals surface area (Å²) in [6.07, 6.45) is 1.55. The number of carbonyl (C=O) groups excluding carboxylic acids is 1. The van der Waals surface area contributed by atoms with E-state index in [0.29, 0.717) is 5.36 Å². The minimum Gasteiger partial charge on any atom is -0.443 e. The Kier molecular flexibility index (Phi) is 7.14. The third-order valence-corrected chi connectivity index (χ3v) is 3.15. The molecule has 0 saturated carbocycles. The Morgan fingerprint density at radius 1 is 1.24 bits per heavy atom. The first-order chi connectivity index (χ1) is 9.64. The van der Waals surface area contributed by atoms with Crippen molar-refractivity contribution >= 4 is 16.3 Å². The number of rotatable bonds is 2. The number of nitrogens with zero attached hydrogens (tertiary/aromatic N) is 2. The fourth-order valence-electron chi connectivity index (χ4n) is 1.17. The number of aromatic nitrogens is 1. The van der Waals surface area contributed by atoms with Crippen molar-refractivity contribution in [2.75, 3.05) is 7.05 Å². The highest BCUT2D eigenvalue weighted by atomic mass is 32.2. The summed E-state index contributed by atoms with van der Waals surface area (Å²) in [4.78, 5) is 15.3. The Bertz CT molecular complexity index is 607. The van der Waals surface area contributed by atoms with Crippen LogP contribution in [0.2, 0.25) is 0 Å². The van der Waals surface area contributed by atoms with Crippen molar-refractivity contribution < 1.29 is 17.9 Å². The standard InChI is InChI=1S/C11H17N3O4S.C2H6/c1-11(2,3)18-10(15)13-19(16,17)14-7-5-9(12-4)6-8-14;1-2/h5-8H,1-4H3,(H,13,15);1-2H3. The molecule has 1 heterocycles. The molecule has 0 unspecified atom stereocenters. The molecule has 0 aliphatic carbocycles. The Morgan fingerprint density at radius 2 is 1.71 bits per heavy atom. The Labute approximate surface area is 125 Å². The monoisotopic (exact) mass is 317 g/mol. The Hall–Kier alpha value is -1.83. The molecule has 1 rings (SSSR count). The molecule has 0 aliphatic heterocycles. The maximum atomic E-state index is 11.8. The molecule has 0 atom stereocenters. The van der Waals surface area contributed by atoms with E-state index in [2.05, 4.69) is 4.99 Å². The highest BCUT2D eigenvalue weighted by Crippen LogP contribution is 2.07. The SMILES string of the molecule is CC.CN=c1ccn(S(=O)(=O)NC(=O)OC(C)(C)C)cc1. The summed E-state index contributed by atoms with van der Waals surface area (Å²) >= 11 is 0. The number of carbonyl (C=O) groups is 1. The second kappa shape index (κ2) is 7.82. The summed E-state index contributed by atoms with van der Waals surface area (Å²) in [6, 6.07) is 3.02. The molecule has 0 aromatic carbocycles. The van der Waals surface area contributed by atoms with E-state index in [1.54, 1.807) is 27.8 Å². The maximum absolute atomic E-state index is 11.8. The van der Waals surface area contributed by atoms with E-state index in [4.69, 9.17) is 4.74 Å². The predicted molar refractivity (Wildman–Crippen MR) is 81.0 cm³/mol. The molecule has 0 bridgehead atoms. The number of hydrogen-bond donors (Lipinski definition) is 1. The van der Waals surface area contributed by atoms with Gasteiger partial charge in [-0.2, -0.15) is 8.42 Å². The van der Waals surface area contributed by atoms with Gasteiger partial charge in [0.1, 0.15) is 5.60 Å². The summed E-state index contributed by atoms with van der Waals surface area (Å²) in [5, 5.41) is 0.628. The topological polar surface area (TPSA) is 89.8 Å². The summed E-state index contributed by atoms with van der Waals surface area (Å²) in [5.74, 6) is 0. The van der Waals surface area contributed by atoms with Crippen LogP contribution in [0.4, 0.5) is 4.79 Å². The zero-order valence-electron chi connectivity index (χ0n) is 13.2. The van der Waals surface area contributed by atoms with Gasteiger partial charge in [0.15, 0.2) is 0 Å². The highest BCUT2D eigenvalue weighted by Gasteiger charge is 2.21. The van der Waals surface area contributed by atoms with Gasteiger partial charge in [-0.3, -0.25) is 4.99 Å². The van der Waals surface area contributed by atoms with Crippen molar-refractivity contribution in [1.29, 1.82) is 0 Å². The molecule has 1 N–H and O–H groups in total. The summed E-state index contributed by atoms with van der Waals surface area (Å²) in [6.45, 7) is 8.93. The maximum Gasteiger partial charge on any atom is 0.422 e. The van der Waals surface area contributed by atoms with Gasteiger partial charge in [0, 0.05) is 19.4 Å². The van der Waals surface area contributed by atoms with E-state index in [1.807, 2.05) is 18.6 Å². The van der Waals surface area contributed by atoms with Gasteiger partial charge in [0.2, 0.25) is 0 Å². The van der Waals surface area contributed by atoms with E-state index in [-0.39, 0.29) is 0 Å². The minimum absolute atomic E-state index is 0.628. The fourth-order valence-corrected chi connectivity index (χ4v) is 1.97. The minimum atomic E-state index is -4.01. The number of pyridine rings is 1. The second-order valence-corrected chi connectivity index (χ2v) is 6.29. The Balaban J connectivity index is 0.00000191. The van der Waals surface area contributed by atoms with Crippen molar-refractivity contribution in [1.82, 2.24) is 8.69 Å². The zero-order valence-corrected chi connectivity index (χ0v) is 14.1. The van der Waals surface area contributed by atoms with E-state index < -0.39 is 21.9 Å². The van der Waals surface area contributed by atoms with E-state index >= 15 is 0 Å². The van der Waals surface area contributed by atoms with Crippen LogP contribution in [-0.2, 0) is 14.9 Å². The normalized spacial score (nSPS) is 11.0. The third-order valence-electron chi connectivity index (χ3n) is 1.93. The number of ether oxygens (including phenoxy) is 1. The van der Waals surface area contributed by atoms with Gasteiger partial charge in [-0.15, -0.1) is 0 Å². The molecule has 0 radical (unpaired) electrons. The van der Waals surface area contributed by atoms with Crippen LogP contribution in [0.5, 0.6) is 0 Å². The molecular formula is C13H23N3O4S. The molecule has 0 aliphatic rings. The fraction of sp³-hybridized carbons (Fsp3) is 0.538. The molecule has 21 heavy (non-hydrogen) atoms. The van der Waals surface area contributed by atoms with Crippen LogP contribution < -0.4 is 10.1 Å². The average molecular weight is 317 g/mol. The van der Waals surface area contributed by atoms with Gasteiger partial charge in [0.05, 0.1) is 5.36 Å². The van der Waals surface area contributed by atoms with Gasteiger partial charge in [0.25, 0.3) is 0 Å². The average Bonchev–Trinajstić information content (AvgIpc) is 2.38. The first kappa shape index (κ1) is 19.2. The molecule has 8 heteroatoms. The molecule has 0 spiro atoms. The molecular weight excluding hydrogens is 294 g/mol. The van der Waals surface area contributed by atoms with Crippen molar-refractivity contribution in [3.8, 4) is 0 Å². The highest BCUT2D eigenvalue weighted by molar-refractivity contribution is 7.88. The molecule has 1 aromatic heterocycles. The van der Waals surface area contributed by atoms with E-state index in [0.717, 1.165) is 3.97 Å². The summed E-state index contributed by atoms with van der Waals surface area (Å²) in [5.41, 5.74) is -0.769. The summed E-state index contributed by atoms with van der Waals surface area (Å²) in [7, 11) is -2.42. The molecule has 0 saturated heterocycles. The van der Waals surface area contributed by atoms with Crippen LogP contribution in [-0.4, -0.2) is 31.1 Å². The molecule has 0 fully saturated rings. The van der Waals surface area contributed by atoms with Crippen molar-refractivity contribution in [3.05, 3.63) is 29.9 Å². The van der Waals surface area contributed by atoms with Crippen molar-refractivity contribution in [2.45, 2.75) is 40.2 Å². The van der Waals surface area contributed by atoms with Crippen LogP contribution in [0.25, 0.3) is 0 Å².